The first kappa shape index (κ1) is 23.8. The molecule has 1 aliphatic rings. The lowest BCUT2D eigenvalue weighted by atomic mass is 9.79. The van der Waals surface area contributed by atoms with E-state index in [1.807, 2.05) is 20.8 Å². The zero-order valence-corrected chi connectivity index (χ0v) is 18.6. The number of carbonyl (C=O) groups is 1. The van der Waals surface area contributed by atoms with Crippen LogP contribution in [0.3, 0.4) is 0 Å². The average Bonchev–Trinajstić information content (AvgIpc) is 2.65. The molecule has 2 heterocycles. The van der Waals surface area contributed by atoms with Gasteiger partial charge in [0.05, 0.1) is 12.3 Å². The van der Waals surface area contributed by atoms with Crippen LogP contribution in [0.25, 0.3) is 11.3 Å². The smallest absolute Gasteiger partial charge is 0.462 e. The fourth-order valence-electron chi connectivity index (χ4n) is 3.61. The summed E-state index contributed by atoms with van der Waals surface area (Å²) in [6, 6.07) is 4.76. The summed E-state index contributed by atoms with van der Waals surface area (Å²) in [5.74, 6) is -1.32. The highest BCUT2D eigenvalue weighted by atomic mass is 32.2. The van der Waals surface area contributed by atoms with E-state index in [1.54, 1.807) is 11.5 Å². The number of rotatable bonds is 4. The summed E-state index contributed by atoms with van der Waals surface area (Å²) in [4.78, 5) is 24.9. The molecule has 0 N–H and O–H groups in total. The Labute approximate surface area is 182 Å². The lowest BCUT2D eigenvalue weighted by molar-refractivity contribution is -0.0500. The number of fused-ring (bicyclic) bond motifs is 3. The normalized spacial score (nSPS) is 16.2. The van der Waals surface area contributed by atoms with E-state index in [0.29, 0.717) is 23.2 Å². The van der Waals surface area contributed by atoms with Crippen LogP contribution < -0.4 is 9.61 Å². The second kappa shape index (κ2) is 7.95. The molecule has 0 amide bonds. The number of hydrogen-bond acceptors (Lipinski definition) is 6. The van der Waals surface area contributed by atoms with Gasteiger partial charge in [0.2, 0.25) is 0 Å². The first-order valence-electron chi connectivity index (χ1n) is 9.73. The Morgan fingerprint density at radius 3 is 2.41 bits per heavy atom. The summed E-state index contributed by atoms with van der Waals surface area (Å²) in [7, 11) is -5.85. The minimum Gasteiger partial charge on any atom is -0.462 e. The van der Waals surface area contributed by atoms with Crippen molar-refractivity contribution < 1.29 is 35.3 Å². The number of nitrogens with zero attached hydrogens (tertiary/aromatic N) is 1. The van der Waals surface area contributed by atoms with Gasteiger partial charge in [-0.05, 0) is 36.5 Å². The summed E-state index contributed by atoms with van der Waals surface area (Å²) >= 11 is 0. The van der Waals surface area contributed by atoms with Gasteiger partial charge in [-0.1, -0.05) is 26.8 Å². The number of ether oxygens (including phenoxy) is 1. The SMILES string of the molecule is CCOC(=O)c1cn2c(cc1=O)-c1cc(OS(=O)(=O)C(F)(F)F)ccc1C[C@H]2C(C)(C)C. The van der Waals surface area contributed by atoms with E-state index in [9.17, 15) is 31.2 Å². The molecule has 1 atom stereocenters. The zero-order valence-electron chi connectivity index (χ0n) is 17.8. The van der Waals surface area contributed by atoms with Crippen LogP contribution in [0.1, 0.15) is 49.7 Å². The van der Waals surface area contributed by atoms with Crippen molar-refractivity contribution in [2.75, 3.05) is 6.61 Å². The summed E-state index contributed by atoms with van der Waals surface area (Å²) in [6.07, 6.45) is 1.82. The van der Waals surface area contributed by atoms with Gasteiger partial charge in [0.1, 0.15) is 11.3 Å². The van der Waals surface area contributed by atoms with E-state index in [2.05, 4.69) is 4.18 Å². The van der Waals surface area contributed by atoms with E-state index < -0.39 is 32.8 Å². The Bertz CT molecular complexity index is 1230. The lowest BCUT2D eigenvalue weighted by Crippen LogP contribution is -2.33. The number of esters is 1. The van der Waals surface area contributed by atoms with Crippen molar-refractivity contribution in [3.05, 3.63) is 51.8 Å². The van der Waals surface area contributed by atoms with Crippen molar-refractivity contribution in [3.63, 3.8) is 0 Å². The van der Waals surface area contributed by atoms with Crippen LogP contribution in [-0.4, -0.2) is 31.1 Å². The van der Waals surface area contributed by atoms with Crippen LogP contribution in [-0.2, 0) is 21.3 Å². The van der Waals surface area contributed by atoms with Crippen molar-refractivity contribution in [2.24, 2.45) is 5.41 Å². The highest BCUT2D eigenvalue weighted by Crippen LogP contribution is 2.43. The molecule has 0 fully saturated rings. The predicted octanol–water partition coefficient (Wildman–Crippen LogP) is 4.06. The minimum absolute atomic E-state index is 0.0833. The molecule has 0 saturated heterocycles. The molecule has 1 aromatic carbocycles. The van der Waals surface area contributed by atoms with Gasteiger partial charge in [0.25, 0.3) is 0 Å². The summed E-state index contributed by atoms with van der Waals surface area (Å²) in [6.45, 7) is 7.62. The minimum atomic E-state index is -5.85. The number of carbonyl (C=O) groups excluding carboxylic acids is 1. The van der Waals surface area contributed by atoms with Crippen molar-refractivity contribution in [1.82, 2.24) is 4.57 Å². The largest absolute Gasteiger partial charge is 0.534 e. The van der Waals surface area contributed by atoms with E-state index >= 15 is 0 Å². The van der Waals surface area contributed by atoms with Gasteiger partial charge in [0, 0.05) is 23.9 Å². The fourth-order valence-corrected chi connectivity index (χ4v) is 4.06. The van der Waals surface area contributed by atoms with Gasteiger partial charge in [-0.15, -0.1) is 0 Å². The van der Waals surface area contributed by atoms with Crippen LogP contribution in [0.15, 0.2) is 35.3 Å². The number of alkyl halides is 3. The molecule has 11 heteroatoms. The van der Waals surface area contributed by atoms with Gasteiger partial charge < -0.3 is 13.5 Å². The molecule has 174 valence electrons. The summed E-state index contributed by atoms with van der Waals surface area (Å²) < 4.78 is 71.8. The summed E-state index contributed by atoms with van der Waals surface area (Å²) in [5, 5.41) is 0. The number of pyridine rings is 1. The molecule has 32 heavy (non-hydrogen) atoms. The van der Waals surface area contributed by atoms with E-state index in [0.717, 1.165) is 12.1 Å². The van der Waals surface area contributed by atoms with Gasteiger partial charge in [-0.3, -0.25) is 4.79 Å². The second-order valence-electron chi connectivity index (χ2n) is 8.45. The first-order chi connectivity index (χ1) is 14.7. The van der Waals surface area contributed by atoms with Crippen LogP contribution in [0.4, 0.5) is 13.2 Å². The van der Waals surface area contributed by atoms with Crippen LogP contribution in [0.2, 0.25) is 0 Å². The topological polar surface area (TPSA) is 91.7 Å². The Kier molecular flexibility index (Phi) is 5.92. The number of halogens is 3. The molecule has 2 aromatic rings. The fraction of sp³-hybridized carbons (Fsp3) is 0.429. The molecule has 3 rings (SSSR count). The van der Waals surface area contributed by atoms with Gasteiger partial charge in [0.15, 0.2) is 5.43 Å². The predicted molar refractivity (Wildman–Crippen MR) is 110 cm³/mol. The summed E-state index contributed by atoms with van der Waals surface area (Å²) in [5.41, 5.74) is -5.31. The Morgan fingerprint density at radius 2 is 1.84 bits per heavy atom. The number of hydrogen-bond donors (Lipinski definition) is 0. The van der Waals surface area contributed by atoms with Gasteiger partial charge in [-0.2, -0.15) is 21.6 Å². The molecule has 0 spiro atoms. The Hall–Kier alpha value is -2.82. The number of aromatic nitrogens is 1. The molecule has 0 unspecified atom stereocenters. The van der Waals surface area contributed by atoms with Crippen molar-refractivity contribution >= 4 is 16.1 Å². The number of benzene rings is 1. The van der Waals surface area contributed by atoms with E-state index in [1.165, 1.54) is 18.3 Å². The van der Waals surface area contributed by atoms with Crippen LogP contribution >= 0.6 is 0 Å². The van der Waals surface area contributed by atoms with E-state index in [-0.39, 0.29) is 23.6 Å². The monoisotopic (exact) mass is 473 g/mol. The Morgan fingerprint density at radius 1 is 1.19 bits per heavy atom. The third-order valence-corrected chi connectivity index (χ3v) is 6.15. The first-order valence-corrected chi connectivity index (χ1v) is 11.1. The maximum absolute atomic E-state index is 12.7. The van der Waals surface area contributed by atoms with Crippen LogP contribution in [0, 0.1) is 5.41 Å². The molecular formula is C21H22F3NO6S. The maximum atomic E-state index is 12.7. The lowest BCUT2D eigenvalue weighted by Gasteiger charge is -2.39. The highest BCUT2D eigenvalue weighted by Gasteiger charge is 2.48. The van der Waals surface area contributed by atoms with Crippen LogP contribution in [0.5, 0.6) is 5.75 Å². The van der Waals surface area contributed by atoms with Gasteiger partial charge >= 0.3 is 21.6 Å². The quantitative estimate of drug-likeness (QED) is 0.378. The molecule has 1 aliphatic heterocycles. The molecule has 7 nitrogen and oxygen atoms in total. The third kappa shape index (κ3) is 4.38. The molecule has 0 bridgehead atoms. The molecule has 0 aliphatic carbocycles. The average molecular weight is 473 g/mol. The van der Waals surface area contributed by atoms with Crippen molar-refractivity contribution in [3.8, 4) is 17.0 Å². The van der Waals surface area contributed by atoms with Crippen molar-refractivity contribution in [1.29, 1.82) is 0 Å². The molecular weight excluding hydrogens is 451 g/mol. The maximum Gasteiger partial charge on any atom is 0.534 e. The molecule has 1 aromatic heterocycles. The Balaban J connectivity index is 2.19. The standard InChI is InChI=1S/C21H22F3NO6S/c1-5-30-19(27)15-11-25-16(10-17(15)26)14-9-13(31-32(28,29)21(22,23)24)7-6-12(14)8-18(25)20(2,3)4/h6-7,9-11,18H,5,8H2,1-4H3/t18-/m0/s1. The third-order valence-electron chi connectivity index (χ3n) is 5.17. The second-order valence-corrected chi connectivity index (χ2v) is 9.99. The van der Waals surface area contributed by atoms with Crippen molar-refractivity contribution in [2.45, 2.75) is 45.7 Å². The molecule has 0 saturated carbocycles. The van der Waals surface area contributed by atoms with E-state index in [4.69, 9.17) is 4.74 Å². The van der Waals surface area contributed by atoms with Gasteiger partial charge in [-0.25, -0.2) is 4.79 Å². The molecule has 0 radical (unpaired) electrons. The zero-order chi connectivity index (χ0) is 24.1. The highest BCUT2D eigenvalue weighted by molar-refractivity contribution is 7.88.